The minimum Gasteiger partial charge on any atom is -0.360 e. The van der Waals surface area contributed by atoms with E-state index in [4.69, 9.17) is 0 Å². The van der Waals surface area contributed by atoms with Crippen molar-refractivity contribution in [3.63, 3.8) is 0 Å². The minimum absolute atomic E-state index is 0.973. The van der Waals surface area contributed by atoms with Crippen molar-refractivity contribution in [2.45, 2.75) is 11.8 Å². The molecule has 0 aliphatic carbocycles. The molecule has 0 atom stereocenters. The zero-order valence-corrected chi connectivity index (χ0v) is 7.36. The summed E-state index contributed by atoms with van der Waals surface area (Å²) in [5.41, 5.74) is 0. The molecule has 0 fully saturated rings. The second kappa shape index (κ2) is 3.49. The topological polar surface area (TPSA) is 15.8 Å². The monoisotopic (exact) mass is 165 g/mol. The van der Waals surface area contributed by atoms with E-state index in [1.807, 2.05) is 25.3 Å². The molecule has 1 aromatic rings. The Morgan fingerprint density at radius 3 is 2.91 bits per heavy atom. The first-order chi connectivity index (χ1) is 5.29. The summed E-state index contributed by atoms with van der Waals surface area (Å²) in [6.07, 6.45) is 7.57. The number of hydrogen-bond acceptors (Lipinski definition) is 1. The van der Waals surface area contributed by atoms with Crippen molar-refractivity contribution in [3.8, 4) is 0 Å². The van der Waals surface area contributed by atoms with Crippen LogP contribution in [0.1, 0.15) is 6.92 Å². The van der Waals surface area contributed by atoms with E-state index in [-0.39, 0.29) is 0 Å². The molecule has 11 heavy (non-hydrogen) atoms. The summed E-state index contributed by atoms with van der Waals surface area (Å²) < 4.78 is 0. The standard InChI is InChI=1S/C9H11NS/c1-3-5-8-7(4-2)9(11)6-10-8/h3-6,10-11H,1H2,2H3/b7-4+,8-5+. The third-order valence-electron chi connectivity index (χ3n) is 1.50. The zero-order chi connectivity index (χ0) is 8.27. The van der Waals surface area contributed by atoms with Crippen molar-refractivity contribution < 1.29 is 0 Å². The highest BCUT2D eigenvalue weighted by molar-refractivity contribution is 7.80. The Bertz CT molecular complexity index is 359. The lowest BCUT2D eigenvalue weighted by Crippen LogP contribution is -2.22. The van der Waals surface area contributed by atoms with E-state index >= 15 is 0 Å². The number of rotatable bonds is 1. The lowest BCUT2D eigenvalue weighted by atomic mass is 10.4. The van der Waals surface area contributed by atoms with Crippen LogP contribution in [0.3, 0.4) is 0 Å². The molecule has 1 rings (SSSR count). The lowest BCUT2D eigenvalue weighted by molar-refractivity contribution is 1.31. The van der Waals surface area contributed by atoms with E-state index in [9.17, 15) is 0 Å². The largest absolute Gasteiger partial charge is 0.360 e. The number of aromatic amines is 1. The average molecular weight is 165 g/mol. The van der Waals surface area contributed by atoms with Gasteiger partial charge in [0, 0.05) is 21.7 Å². The van der Waals surface area contributed by atoms with Gasteiger partial charge in [-0.25, -0.2) is 0 Å². The van der Waals surface area contributed by atoms with Crippen molar-refractivity contribution in [2.75, 3.05) is 0 Å². The molecular weight excluding hydrogens is 154 g/mol. The molecule has 1 nitrogen and oxygen atoms in total. The predicted octanol–water partition coefficient (Wildman–Crippen LogP) is 1.07. The van der Waals surface area contributed by atoms with Crippen LogP contribution >= 0.6 is 12.6 Å². The van der Waals surface area contributed by atoms with E-state index in [0.29, 0.717) is 0 Å². The third-order valence-corrected chi connectivity index (χ3v) is 1.87. The van der Waals surface area contributed by atoms with Crippen LogP contribution in [0.25, 0.3) is 12.2 Å². The number of aromatic nitrogens is 1. The first-order valence-corrected chi connectivity index (χ1v) is 3.89. The Balaban J connectivity index is 3.52. The molecule has 0 bridgehead atoms. The van der Waals surface area contributed by atoms with Crippen LogP contribution in [0.15, 0.2) is 23.7 Å². The molecule has 0 aromatic carbocycles. The zero-order valence-electron chi connectivity index (χ0n) is 6.46. The van der Waals surface area contributed by atoms with E-state index < -0.39 is 0 Å². The van der Waals surface area contributed by atoms with Crippen LogP contribution in [-0.4, -0.2) is 4.98 Å². The fourth-order valence-corrected chi connectivity index (χ4v) is 1.31. The molecule has 0 spiro atoms. The summed E-state index contributed by atoms with van der Waals surface area (Å²) in [5, 5.41) is 2.20. The Labute approximate surface area is 71.6 Å². The molecule has 58 valence electrons. The number of hydrogen-bond donors (Lipinski definition) is 2. The van der Waals surface area contributed by atoms with Gasteiger partial charge in [-0.05, 0) is 13.0 Å². The SMILES string of the molecule is C=C/C=c1/[nH]cc(S)/c1=C/C. The van der Waals surface area contributed by atoms with Crippen molar-refractivity contribution in [1.29, 1.82) is 0 Å². The highest BCUT2D eigenvalue weighted by atomic mass is 32.1. The van der Waals surface area contributed by atoms with Crippen molar-refractivity contribution in [2.24, 2.45) is 0 Å². The van der Waals surface area contributed by atoms with E-state index in [0.717, 1.165) is 15.5 Å². The normalized spacial score (nSPS) is 14.0. The van der Waals surface area contributed by atoms with Gasteiger partial charge in [0.2, 0.25) is 0 Å². The number of H-pyrrole nitrogens is 1. The van der Waals surface area contributed by atoms with Crippen LogP contribution in [0.5, 0.6) is 0 Å². The quantitative estimate of drug-likeness (QED) is 0.579. The molecule has 0 aliphatic heterocycles. The van der Waals surface area contributed by atoms with Crippen molar-refractivity contribution >= 4 is 24.8 Å². The molecule has 1 heterocycles. The molecule has 2 heteroatoms. The fourth-order valence-electron chi connectivity index (χ4n) is 0.999. The minimum atomic E-state index is 0.973. The summed E-state index contributed by atoms with van der Waals surface area (Å²) in [4.78, 5) is 4.06. The average Bonchev–Trinajstić information content (AvgIpc) is 2.33. The van der Waals surface area contributed by atoms with Gasteiger partial charge in [-0.15, -0.1) is 12.6 Å². The van der Waals surface area contributed by atoms with Gasteiger partial charge in [0.15, 0.2) is 0 Å². The highest BCUT2D eigenvalue weighted by Gasteiger charge is 1.89. The Morgan fingerprint density at radius 2 is 2.36 bits per heavy atom. The first kappa shape index (κ1) is 8.21. The van der Waals surface area contributed by atoms with Crippen LogP contribution < -0.4 is 10.6 Å². The smallest absolute Gasteiger partial charge is 0.0461 e. The molecule has 0 radical (unpaired) electrons. The van der Waals surface area contributed by atoms with Crippen molar-refractivity contribution in [3.05, 3.63) is 29.4 Å². The predicted molar refractivity (Wildman–Crippen MR) is 52.1 cm³/mol. The summed E-state index contributed by atoms with van der Waals surface area (Å²) in [7, 11) is 0. The molecule has 1 aromatic heterocycles. The van der Waals surface area contributed by atoms with Gasteiger partial charge in [-0.3, -0.25) is 0 Å². The van der Waals surface area contributed by atoms with Gasteiger partial charge in [-0.1, -0.05) is 18.7 Å². The van der Waals surface area contributed by atoms with Crippen LogP contribution in [0.2, 0.25) is 0 Å². The number of thiol groups is 1. The Kier molecular flexibility index (Phi) is 2.60. The summed E-state index contributed by atoms with van der Waals surface area (Å²) in [5.74, 6) is 0. The van der Waals surface area contributed by atoms with Gasteiger partial charge in [0.1, 0.15) is 0 Å². The lowest BCUT2D eigenvalue weighted by Gasteiger charge is -1.78. The molecule has 1 N–H and O–H groups in total. The van der Waals surface area contributed by atoms with Crippen LogP contribution in [-0.2, 0) is 0 Å². The molecule has 0 amide bonds. The summed E-state index contributed by atoms with van der Waals surface area (Å²) in [6.45, 7) is 5.62. The number of allylic oxidation sites excluding steroid dienone is 1. The van der Waals surface area contributed by atoms with E-state index in [1.54, 1.807) is 6.08 Å². The van der Waals surface area contributed by atoms with Crippen LogP contribution in [0.4, 0.5) is 0 Å². The van der Waals surface area contributed by atoms with Gasteiger partial charge >= 0.3 is 0 Å². The maximum Gasteiger partial charge on any atom is 0.0461 e. The molecule has 0 unspecified atom stereocenters. The molecule has 0 aliphatic rings. The van der Waals surface area contributed by atoms with E-state index in [1.165, 1.54) is 0 Å². The second-order valence-corrected chi connectivity index (χ2v) is 2.67. The van der Waals surface area contributed by atoms with E-state index in [2.05, 4.69) is 24.2 Å². The summed E-state index contributed by atoms with van der Waals surface area (Å²) >= 11 is 4.27. The van der Waals surface area contributed by atoms with Crippen molar-refractivity contribution in [1.82, 2.24) is 4.98 Å². The van der Waals surface area contributed by atoms with Gasteiger partial charge in [0.05, 0.1) is 0 Å². The number of nitrogens with one attached hydrogen (secondary N) is 1. The van der Waals surface area contributed by atoms with Gasteiger partial charge < -0.3 is 4.98 Å². The maximum absolute atomic E-state index is 4.27. The Morgan fingerprint density at radius 1 is 1.64 bits per heavy atom. The Hall–Kier alpha value is -0.890. The maximum atomic E-state index is 4.27. The van der Waals surface area contributed by atoms with Crippen LogP contribution in [0, 0.1) is 0 Å². The fraction of sp³-hybridized carbons (Fsp3) is 0.111. The van der Waals surface area contributed by atoms with Gasteiger partial charge in [0.25, 0.3) is 0 Å². The molecular formula is C9H11NS. The third kappa shape index (κ3) is 1.57. The molecule has 0 saturated heterocycles. The summed E-state index contributed by atoms with van der Waals surface area (Å²) in [6, 6.07) is 0. The molecule has 0 saturated carbocycles. The highest BCUT2D eigenvalue weighted by Crippen LogP contribution is 1.90. The second-order valence-electron chi connectivity index (χ2n) is 2.19. The first-order valence-electron chi connectivity index (χ1n) is 3.45. The van der Waals surface area contributed by atoms with Gasteiger partial charge in [-0.2, -0.15) is 0 Å².